The number of fused-ring (bicyclic) bond motifs is 1. The lowest BCUT2D eigenvalue weighted by Gasteiger charge is -2.16. The Labute approximate surface area is 283 Å². The first-order valence-corrected chi connectivity index (χ1v) is 17.7. The van der Waals surface area contributed by atoms with Gasteiger partial charge in [-0.05, 0) is 32.1 Å². The van der Waals surface area contributed by atoms with Gasteiger partial charge in [0.15, 0.2) is 0 Å². The van der Waals surface area contributed by atoms with E-state index < -0.39 is 35.9 Å². The summed E-state index contributed by atoms with van der Waals surface area (Å²) >= 11 is 1.88. The summed E-state index contributed by atoms with van der Waals surface area (Å²) in [6, 6.07) is 0.331. The molecule has 3 aliphatic rings. The lowest BCUT2D eigenvalue weighted by Crippen LogP contribution is -2.36. The second kappa shape index (κ2) is 18.2. The maximum Gasteiger partial charge on any atom is 0.315 e. The van der Waals surface area contributed by atoms with Gasteiger partial charge in [-0.15, -0.1) is 0 Å². The van der Waals surface area contributed by atoms with Gasteiger partial charge in [-0.2, -0.15) is 16.7 Å². The van der Waals surface area contributed by atoms with E-state index in [1.54, 1.807) is 6.92 Å². The van der Waals surface area contributed by atoms with Gasteiger partial charge in [0, 0.05) is 62.0 Å². The summed E-state index contributed by atoms with van der Waals surface area (Å²) in [4.78, 5) is 64.1. The highest BCUT2D eigenvalue weighted by Crippen LogP contribution is 2.34. The van der Waals surface area contributed by atoms with Crippen molar-refractivity contribution in [3.05, 3.63) is 28.2 Å². The largest absolute Gasteiger partial charge is 0.388 e. The number of carbonyl (C=O) groups is 4. The van der Waals surface area contributed by atoms with Crippen molar-refractivity contribution in [2.45, 2.75) is 106 Å². The number of hydrogen-bond acceptors (Lipinski definition) is 11. The molecule has 4 heterocycles. The maximum atomic E-state index is 12.4. The van der Waals surface area contributed by atoms with E-state index in [0.717, 1.165) is 37.9 Å². The van der Waals surface area contributed by atoms with Crippen LogP contribution < -0.4 is 37.9 Å². The first kappa shape index (κ1) is 37.2. The molecule has 3 aliphatic heterocycles. The van der Waals surface area contributed by atoms with E-state index in [4.69, 9.17) is 10.5 Å². The number of nitrogens with one attached hydrogen (secondary N) is 5. The van der Waals surface area contributed by atoms with Crippen molar-refractivity contribution in [2.24, 2.45) is 0 Å². The third kappa shape index (κ3) is 10.4. The zero-order chi connectivity index (χ0) is 34.6. The average Bonchev–Trinajstić information content (AvgIpc) is 3.70. The van der Waals surface area contributed by atoms with Crippen molar-refractivity contribution in [1.82, 2.24) is 36.1 Å². The highest BCUT2D eigenvalue weighted by Gasteiger charge is 2.44. The summed E-state index contributed by atoms with van der Waals surface area (Å²) in [5, 5.41) is 35.1. The average molecular weight is 693 g/mol. The molecule has 0 bridgehead atoms. The van der Waals surface area contributed by atoms with E-state index in [0.29, 0.717) is 37.5 Å². The molecular weight excluding hydrogens is 644 g/mol. The fourth-order valence-corrected chi connectivity index (χ4v) is 7.56. The number of anilines is 1. The third-order valence-electron chi connectivity index (χ3n) is 8.69. The fraction of sp³-hybridized carbons (Fsp3) is 0.677. The maximum absolute atomic E-state index is 12.4. The molecule has 7 atom stereocenters. The summed E-state index contributed by atoms with van der Waals surface area (Å²) in [5.41, 5.74) is 5.12. The number of carbonyl (C=O) groups excluding carboxylic acids is 4. The number of aromatic nitrogens is 2. The number of aliphatic hydroxyl groups is 2. The monoisotopic (exact) mass is 692 g/mol. The fourth-order valence-electron chi connectivity index (χ4n) is 6.02. The molecular formula is C31H48N8O8S. The lowest BCUT2D eigenvalue weighted by molar-refractivity contribution is -0.122. The molecule has 17 heteroatoms. The summed E-state index contributed by atoms with van der Waals surface area (Å²) in [7, 11) is 0. The molecule has 3 saturated heterocycles. The van der Waals surface area contributed by atoms with Gasteiger partial charge in [0.25, 0.3) is 5.56 Å². The van der Waals surface area contributed by atoms with E-state index in [2.05, 4.69) is 31.6 Å². The van der Waals surface area contributed by atoms with Crippen molar-refractivity contribution in [3.8, 4) is 0 Å². The first-order valence-electron chi connectivity index (χ1n) is 16.7. The van der Waals surface area contributed by atoms with E-state index in [1.807, 2.05) is 11.8 Å². The lowest BCUT2D eigenvalue weighted by atomic mass is 10.0. The molecule has 0 aliphatic carbocycles. The molecule has 5 amide bonds. The quantitative estimate of drug-likeness (QED) is 0.0555. The Bertz CT molecular complexity index is 1380. The number of unbranched alkanes of at least 4 members (excludes halogenated alkanes) is 3. The Morgan fingerprint density at radius 1 is 1.02 bits per heavy atom. The van der Waals surface area contributed by atoms with Crippen LogP contribution >= 0.6 is 11.8 Å². The van der Waals surface area contributed by atoms with Gasteiger partial charge in [0.05, 0.1) is 23.8 Å². The predicted molar refractivity (Wildman–Crippen MR) is 180 cm³/mol. The number of thioether (sulfide) groups is 1. The van der Waals surface area contributed by atoms with Crippen molar-refractivity contribution >= 4 is 47.7 Å². The zero-order valence-corrected chi connectivity index (χ0v) is 28.0. The third-order valence-corrected chi connectivity index (χ3v) is 10.2. The molecule has 1 aromatic rings. The predicted octanol–water partition coefficient (Wildman–Crippen LogP) is -0.497. The highest BCUT2D eigenvalue weighted by molar-refractivity contribution is 8.00. The summed E-state index contributed by atoms with van der Waals surface area (Å²) in [6.45, 7) is 2.79. The molecule has 3 fully saturated rings. The van der Waals surface area contributed by atoms with E-state index in [-0.39, 0.29) is 54.5 Å². The molecule has 4 rings (SSSR count). The standard InChI is InChI=1S/C31H48N8O8S/c1-2-20-26(43)27(44)28(47-20)18-16-39(30(32)38-29(18)45)15-11-24(42)35-14-13-34-23(41)9-4-3-7-12-33-22(40)10-6-5-8-21-25-19(17-48-21)36-31(46)37-25/h11,15-16,19-21,25-28,43-44H,2-10,12-14,17H2,1H3,(H,33,40)(H,34,41)(H,35,42)(H2,32,38,45)(H2,36,37,46)/b15-11+. The number of ether oxygens (including phenoxy) is 1. The van der Waals surface area contributed by atoms with E-state index in [1.165, 1.54) is 23.0 Å². The number of hydrogen-bond donors (Lipinski definition) is 8. The number of nitrogens with two attached hydrogens (primary N) is 1. The number of aliphatic hydroxyl groups excluding tert-OH is 2. The normalized spacial score (nSPS) is 26.2. The zero-order valence-electron chi connectivity index (χ0n) is 27.2. The van der Waals surface area contributed by atoms with Gasteiger partial charge in [-0.3, -0.25) is 23.7 Å². The number of nitrogens with zero attached hydrogens (tertiary/aromatic N) is 2. The molecule has 0 spiro atoms. The van der Waals surface area contributed by atoms with Crippen LogP contribution in [0, 0.1) is 0 Å². The Hall–Kier alpha value is -3.67. The van der Waals surface area contributed by atoms with Crippen LogP contribution in [0.15, 0.2) is 17.1 Å². The van der Waals surface area contributed by atoms with Gasteiger partial charge >= 0.3 is 6.03 Å². The number of nitrogen functional groups attached to an aromatic ring is 1. The van der Waals surface area contributed by atoms with Crippen LogP contribution in [0.4, 0.5) is 10.7 Å². The summed E-state index contributed by atoms with van der Waals surface area (Å²) < 4.78 is 6.88. The van der Waals surface area contributed by atoms with Crippen LogP contribution in [-0.2, 0) is 19.1 Å². The molecule has 0 radical (unpaired) electrons. The van der Waals surface area contributed by atoms with Crippen LogP contribution in [0.5, 0.6) is 0 Å². The molecule has 266 valence electrons. The Morgan fingerprint density at radius 2 is 1.73 bits per heavy atom. The Morgan fingerprint density at radius 3 is 2.46 bits per heavy atom. The first-order chi connectivity index (χ1) is 23.1. The minimum absolute atomic E-state index is 0.00324. The van der Waals surface area contributed by atoms with Crippen molar-refractivity contribution < 1.29 is 34.1 Å². The summed E-state index contributed by atoms with van der Waals surface area (Å²) in [5.74, 6) is 0.197. The molecule has 7 unspecified atom stereocenters. The summed E-state index contributed by atoms with van der Waals surface area (Å²) in [6.07, 6.45) is 5.90. The number of rotatable bonds is 18. The minimum atomic E-state index is -1.31. The van der Waals surface area contributed by atoms with Crippen molar-refractivity contribution in [3.63, 3.8) is 0 Å². The van der Waals surface area contributed by atoms with Gasteiger partial charge in [0.1, 0.15) is 18.3 Å². The van der Waals surface area contributed by atoms with Crippen LogP contribution in [0.1, 0.15) is 76.4 Å². The second-order valence-corrected chi connectivity index (χ2v) is 13.5. The second-order valence-electron chi connectivity index (χ2n) is 12.2. The highest BCUT2D eigenvalue weighted by atomic mass is 32.2. The van der Waals surface area contributed by atoms with Gasteiger partial charge in [-0.1, -0.05) is 19.8 Å². The van der Waals surface area contributed by atoms with Crippen LogP contribution in [0.25, 0.3) is 6.20 Å². The van der Waals surface area contributed by atoms with Crippen LogP contribution in [0.2, 0.25) is 0 Å². The molecule has 1 aromatic heterocycles. The molecule has 48 heavy (non-hydrogen) atoms. The van der Waals surface area contributed by atoms with Crippen molar-refractivity contribution in [1.29, 1.82) is 0 Å². The number of urea groups is 1. The molecule has 16 nitrogen and oxygen atoms in total. The molecule has 0 saturated carbocycles. The van der Waals surface area contributed by atoms with Crippen molar-refractivity contribution in [2.75, 3.05) is 31.1 Å². The van der Waals surface area contributed by atoms with Crippen LogP contribution in [-0.4, -0.2) is 105 Å². The Kier molecular flexibility index (Phi) is 14.1. The topological polar surface area (TPSA) is 239 Å². The number of amides is 5. The van der Waals surface area contributed by atoms with Gasteiger partial charge in [0.2, 0.25) is 23.7 Å². The van der Waals surface area contributed by atoms with Gasteiger partial charge < -0.3 is 47.3 Å². The Balaban J connectivity index is 1.01. The van der Waals surface area contributed by atoms with Crippen LogP contribution in [0.3, 0.4) is 0 Å². The smallest absolute Gasteiger partial charge is 0.315 e. The van der Waals surface area contributed by atoms with E-state index >= 15 is 0 Å². The van der Waals surface area contributed by atoms with E-state index in [9.17, 15) is 34.2 Å². The minimum Gasteiger partial charge on any atom is -0.388 e. The van der Waals surface area contributed by atoms with Gasteiger partial charge in [-0.25, -0.2) is 4.79 Å². The molecule has 9 N–H and O–H groups in total. The SMILES string of the molecule is CCC1OC(c2cn(/C=C/C(=O)NCCNC(=O)CCCCCNC(=O)CCCCC3SCC4NC(=O)NC43)c(N)nc2=O)C(O)C1O. The molecule has 0 aromatic carbocycles.